The standard InChI is InChI=1S/C21H27N3O2/c1-16(2)8-11-21(15-25)10-3-13-24(14-21)20(26)18-6-4-17(5-7-18)19-9-12-22-23-19/h4-9,12,25H,3,10-11,13-15H2,1-2H3,(H,22,23)/t21-/m0/s1. The highest BCUT2D eigenvalue weighted by atomic mass is 16.3. The van der Waals surface area contributed by atoms with E-state index in [-0.39, 0.29) is 17.9 Å². The molecule has 26 heavy (non-hydrogen) atoms. The molecule has 0 spiro atoms. The number of carbonyl (C=O) groups is 1. The molecule has 1 atom stereocenters. The van der Waals surface area contributed by atoms with Crippen molar-refractivity contribution in [1.82, 2.24) is 15.1 Å². The second-order valence-electron chi connectivity index (χ2n) is 7.52. The van der Waals surface area contributed by atoms with Gasteiger partial charge < -0.3 is 10.0 Å². The highest BCUT2D eigenvalue weighted by molar-refractivity contribution is 5.94. The molecule has 1 aliphatic heterocycles. The Morgan fingerprint density at radius 2 is 2.08 bits per heavy atom. The van der Waals surface area contributed by atoms with Gasteiger partial charge in [-0.3, -0.25) is 9.89 Å². The number of nitrogens with one attached hydrogen (secondary N) is 1. The molecule has 5 heteroatoms. The minimum atomic E-state index is -0.221. The molecule has 0 aliphatic carbocycles. The van der Waals surface area contributed by atoms with Gasteiger partial charge in [-0.15, -0.1) is 0 Å². The molecule has 0 unspecified atom stereocenters. The highest BCUT2D eigenvalue weighted by Crippen LogP contribution is 2.34. The summed E-state index contributed by atoms with van der Waals surface area (Å²) in [5.41, 5.74) is 3.65. The van der Waals surface area contributed by atoms with E-state index < -0.39 is 0 Å². The van der Waals surface area contributed by atoms with Crippen LogP contribution in [0.25, 0.3) is 11.3 Å². The number of H-pyrrole nitrogens is 1. The first-order valence-electron chi connectivity index (χ1n) is 9.16. The molecule has 1 aromatic carbocycles. The molecule has 1 saturated heterocycles. The first-order chi connectivity index (χ1) is 12.5. The molecule has 1 aliphatic rings. The quantitative estimate of drug-likeness (QED) is 0.806. The lowest BCUT2D eigenvalue weighted by molar-refractivity contribution is 0.0284. The van der Waals surface area contributed by atoms with Crippen molar-refractivity contribution < 1.29 is 9.90 Å². The van der Waals surface area contributed by atoms with Crippen LogP contribution in [0.3, 0.4) is 0 Å². The van der Waals surface area contributed by atoms with Crippen LogP contribution in [-0.2, 0) is 0 Å². The van der Waals surface area contributed by atoms with E-state index in [0.29, 0.717) is 12.1 Å². The topological polar surface area (TPSA) is 69.2 Å². The van der Waals surface area contributed by atoms with Crippen LogP contribution in [0.5, 0.6) is 0 Å². The van der Waals surface area contributed by atoms with Crippen molar-refractivity contribution in [3.63, 3.8) is 0 Å². The predicted molar refractivity (Wildman–Crippen MR) is 103 cm³/mol. The number of amides is 1. The second-order valence-corrected chi connectivity index (χ2v) is 7.52. The minimum Gasteiger partial charge on any atom is -0.396 e. The Bertz CT molecular complexity index is 761. The van der Waals surface area contributed by atoms with Gasteiger partial charge in [-0.25, -0.2) is 0 Å². The molecule has 1 fully saturated rings. The fourth-order valence-electron chi connectivity index (χ4n) is 3.55. The summed E-state index contributed by atoms with van der Waals surface area (Å²) in [7, 11) is 0. The summed E-state index contributed by atoms with van der Waals surface area (Å²) in [5, 5.41) is 16.9. The van der Waals surface area contributed by atoms with E-state index in [0.717, 1.165) is 37.1 Å². The summed E-state index contributed by atoms with van der Waals surface area (Å²) in [6, 6.07) is 9.51. The summed E-state index contributed by atoms with van der Waals surface area (Å²) in [6.07, 6.45) is 6.58. The van der Waals surface area contributed by atoms with Crippen molar-refractivity contribution in [1.29, 1.82) is 0 Å². The minimum absolute atomic E-state index is 0.0379. The van der Waals surface area contributed by atoms with E-state index in [1.807, 2.05) is 35.2 Å². The van der Waals surface area contributed by atoms with E-state index in [4.69, 9.17) is 0 Å². The molecule has 2 heterocycles. The van der Waals surface area contributed by atoms with Gasteiger partial charge in [-0.05, 0) is 56.9 Å². The van der Waals surface area contributed by atoms with Crippen LogP contribution in [-0.4, -0.2) is 45.8 Å². The van der Waals surface area contributed by atoms with Crippen molar-refractivity contribution in [2.24, 2.45) is 5.41 Å². The molecule has 0 bridgehead atoms. The first-order valence-corrected chi connectivity index (χ1v) is 9.16. The molecule has 1 aromatic heterocycles. The van der Waals surface area contributed by atoms with E-state index in [1.54, 1.807) is 6.20 Å². The Morgan fingerprint density at radius 1 is 1.31 bits per heavy atom. The van der Waals surface area contributed by atoms with Crippen LogP contribution in [0.2, 0.25) is 0 Å². The zero-order valence-electron chi connectivity index (χ0n) is 15.5. The number of aliphatic hydroxyl groups excluding tert-OH is 1. The fourth-order valence-corrected chi connectivity index (χ4v) is 3.55. The van der Waals surface area contributed by atoms with Crippen molar-refractivity contribution in [3.8, 4) is 11.3 Å². The maximum Gasteiger partial charge on any atom is 0.253 e. The average Bonchev–Trinajstić information content (AvgIpc) is 3.21. The van der Waals surface area contributed by atoms with Gasteiger partial charge in [0.05, 0.1) is 12.3 Å². The Labute approximate surface area is 154 Å². The van der Waals surface area contributed by atoms with Crippen LogP contribution in [0.4, 0.5) is 0 Å². The molecule has 2 N–H and O–H groups in total. The van der Waals surface area contributed by atoms with Gasteiger partial charge in [0.25, 0.3) is 5.91 Å². The van der Waals surface area contributed by atoms with Gasteiger partial charge in [-0.1, -0.05) is 23.8 Å². The smallest absolute Gasteiger partial charge is 0.253 e. The zero-order chi connectivity index (χ0) is 18.6. The summed E-state index contributed by atoms with van der Waals surface area (Å²) in [5.74, 6) is 0.0379. The Kier molecular flexibility index (Phi) is 5.57. The lowest BCUT2D eigenvalue weighted by Crippen LogP contribution is -2.47. The zero-order valence-corrected chi connectivity index (χ0v) is 15.5. The van der Waals surface area contributed by atoms with Crippen LogP contribution in [0.15, 0.2) is 48.2 Å². The van der Waals surface area contributed by atoms with Crippen LogP contribution in [0, 0.1) is 5.41 Å². The number of likely N-dealkylation sites (tertiary alicyclic amines) is 1. The molecule has 2 aromatic rings. The van der Waals surface area contributed by atoms with Crippen molar-refractivity contribution in [2.75, 3.05) is 19.7 Å². The number of aromatic nitrogens is 2. The monoisotopic (exact) mass is 353 g/mol. The van der Waals surface area contributed by atoms with Crippen molar-refractivity contribution in [2.45, 2.75) is 33.1 Å². The highest BCUT2D eigenvalue weighted by Gasteiger charge is 2.36. The van der Waals surface area contributed by atoms with Gasteiger partial charge in [0.2, 0.25) is 0 Å². The lowest BCUT2D eigenvalue weighted by atomic mass is 9.77. The number of carbonyl (C=O) groups excluding carboxylic acids is 1. The molecule has 3 rings (SSSR count). The SMILES string of the molecule is CC(C)=CC[C@@]1(CO)CCCN(C(=O)c2ccc(-c3ccn[nH]3)cc2)C1. The Balaban J connectivity index is 1.73. The molecular weight excluding hydrogens is 326 g/mol. The first kappa shape index (κ1) is 18.4. The number of aromatic amines is 1. The summed E-state index contributed by atoms with van der Waals surface area (Å²) < 4.78 is 0. The van der Waals surface area contributed by atoms with Gasteiger partial charge in [0, 0.05) is 30.3 Å². The Morgan fingerprint density at radius 3 is 2.69 bits per heavy atom. The number of hydrogen-bond acceptors (Lipinski definition) is 3. The van der Waals surface area contributed by atoms with E-state index >= 15 is 0 Å². The number of piperidine rings is 1. The molecule has 0 radical (unpaired) electrons. The average molecular weight is 353 g/mol. The third-order valence-electron chi connectivity index (χ3n) is 5.17. The number of allylic oxidation sites excluding steroid dienone is 2. The van der Waals surface area contributed by atoms with Crippen molar-refractivity contribution >= 4 is 5.91 Å². The largest absolute Gasteiger partial charge is 0.396 e. The Hall–Kier alpha value is -2.40. The second kappa shape index (κ2) is 7.87. The van der Waals surface area contributed by atoms with E-state index in [9.17, 15) is 9.90 Å². The van der Waals surface area contributed by atoms with Gasteiger partial charge in [-0.2, -0.15) is 5.10 Å². The molecule has 1 amide bonds. The maximum absolute atomic E-state index is 12.9. The van der Waals surface area contributed by atoms with Gasteiger partial charge in [0.15, 0.2) is 0 Å². The maximum atomic E-state index is 12.9. The fraction of sp³-hybridized carbons (Fsp3) is 0.429. The third-order valence-corrected chi connectivity index (χ3v) is 5.17. The third kappa shape index (κ3) is 4.05. The molecular formula is C21H27N3O2. The van der Waals surface area contributed by atoms with Gasteiger partial charge in [0.1, 0.15) is 0 Å². The van der Waals surface area contributed by atoms with E-state index in [1.165, 1.54) is 5.57 Å². The van der Waals surface area contributed by atoms with E-state index in [2.05, 4.69) is 30.1 Å². The number of hydrogen-bond donors (Lipinski definition) is 2. The van der Waals surface area contributed by atoms with Gasteiger partial charge >= 0.3 is 0 Å². The number of aliphatic hydroxyl groups is 1. The molecule has 138 valence electrons. The predicted octanol–water partition coefficient (Wildman–Crippen LogP) is 3.65. The van der Waals surface area contributed by atoms with Crippen LogP contribution >= 0.6 is 0 Å². The summed E-state index contributed by atoms with van der Waals surface area (Å²) in [4.78, 5) is 14.8. The van der Waals surface area contributed by atoms with Crippen molar-refractivity contribution in [3.05, 3.63) is 53.7 Å². The summed E-state index contributed by atoms with van der Waals surface area (Å²) in [6.45, 7) is 5.60. The van der Waals surface area contributed by atoms with Crippen LogP contribution in [0.1, 0.15) is 43.5 Å². The number of benzene rings is 1. The van der Waals surface area contributed by atoms with Crippen LogP contribution < -0.4 is 0 Å². The number of rotatable bonds is 5. The lowest BCUT2D eigenvalue weighted by Gasteiger charge is -2.41. The summed E-state index contributed by atoms with van der Waals surface area (Å²) >= 11 is 0. The normalized spacial score (nSPS) is 20.0. The number of nitrogens with zero attached hydrogens (tertiary/aromatic N) is 2. The molecule has 5 nitrogen and oxygen atoms in total. The molecule has 0 saturated carbocycles.